The minimum Gasteiger partial charge on any atom is -0.366 e. The first kappa shape index (κ1) is 13.7. The first-order valence-corrected chi connectivity index (χ1v) is 5.33. The quantitative estimate of drug-likeness (QED) is 0.488. The lowest BCUT2D eigenvalue weighted by Gasteiger charge is -2.07. The molecule has 0 aliphatic carbocycles. The highest BCUT2D eigenvalue weighted by Crippen LogP contribution is 2.28. The monoisotopic (exact) mass is 314 g/mol. The van der Waals surface area contributed by atoms with Crippen molar-refractivity contribution < 1.29 is 22.8 Å². The number of aromatic nitrogens is 1. The third kappa shape index (κ3) is 3.55. The van der Waals surface area contributed by atoms with Gasteiger partial charge in [0.15, 0.2) is 0 Å². The van der Waals surface area contributed by atoms with Crippen LogP contribution in [0.25, 0.3) is 0 Å². The van der Waals surface area contributed by atoms with E-state index < -0.39 is 23.0 Å². The van der Waals surface area contributed by atoms with Crippen LogP contribution >= 0.6 is 15.9 Å². The molecule has 0 atom stereocenters. The molecule has 0 bridgehead atoms. The topological polar surface area (TPSA) is 65.3 Å². The molecule has 0 aromatic carbocycles. The summed E-state index contributed by atoms with van der Waals surface area (Å²) in [5.74, 6) is -1.49. The smallest absolute Gasteiger partial charge is 0.366 e. The Balaban J connectivity index is 3.25. The Kier molecular flexibility index (Phi) is 3.91. The second kappa shape index (κ2) is 4.86. The molecule has 0 saturated carbocycles. The molecule has 0 radical (unpaired) electrons. The van der Waals surface area contributed by atoms with Gasteiger partial charge in [-0.25, -0.2) is 0 Å². The summed E-state index contributed by atoms with van der Waals surface area (Å²) >= 11 is 3.02. The van der Waals surface area contributed by atoms with Gasteiger partial charge in [0.25, 0.3) is 0 Å². The molecule has 17 heavy (non-hydrogen) atoms. The maximum Gasteiger partial charge on any atom is 0.575 e. The normalized spacial score (nSPS) is 11.4. The summed E-state index contributed by atoms with van der Waals surface area (Å²) in [6.07, 6.45) is -4.93. The van der Waals surface area contributed by atoms with E-state index in [4.69, 9.17) is 0 Å². The third-order valence-electron chi connectivity index (χ3n) is 1.87. The maximum atomic E-state index is 12.0. The van der Waals surface area contributed by atoms with Crippen LogP contribution in [0.4, 0.5) is 19.0 Å². The molecular weight excluding hydrogens is 309 g/mol. The van der Waals surface area contributed by atoms with Crippen molar-refractivity contribution in [2.45, 2.75) is 18.6 Å². The minimum atomic E-state index is -4.93. The van der Waals surface area contributed by atoms with Gasteiger partial charge in [-0.2, -0.15) is 0 Å². The van der Waals surface area contributed by atoms with Crippen molar-refractivity contribution in [2.75, 3.05) is 0 Å². The fourth-order valence-corrected chi connectivity index (χ4v) is 1.69. The van der Waals surface area contributed by atoms with E-state index >= 15 is 0 Å². The number of rotatable bonds is 3. The summed E-state index contributed by atoms with van der Waals surface area (Å²) in [6, 6.07) is 1.00. The molecule has 0 amide bonds. The molecule has 0 spiro atoms. The van der Waals surface area contributed by atoms with E-state index in [2.05, 4.69) is 25.7 Å². The first-order valence-electron chi connectivity index (χ1n) is 4.21. The predicted octanol–water partition coefficient (Wildman–Crippen LogP) is 3.09. The van der Waals surface area contributed by atoms with E-state index in [0.29, 0.717) is 5.56 Å². The van der Waals surface area contributed by atoms with Crippen LogP contribution in [0.1, 0.15) is 11.1 Å². The van der Waals surface area contributed by atoms with Gasteiger partial charge in [-0.05, 0) is 17.4 Å². The Labute approximate surface area is 102 Å². The van der Waals surface area contributed by atoms with Crippen LogP contribution in [0.2, 0.25) is 0 Å². The SMILES string of the molecule is Cc1c(CBr)cc(OC(F)(F)F)nc1[N+](=O)[O-]. The molecule has 1 heterocycles. The van der Waals surface area contributed by atoms with Crippen LogP contribution in [0.15, 0.2) is 6.07 Å². The van der Waals surface area contributed by atoms with Crippen molar-refractivity contribution in [3.05, 3.63) is 27.3 Å². The standard InChI is InChI=1S/C8H6BrF3N2O3/c1-4-5(3-9)2-6(17-8(10,11)12)13-7(4)14(15)16/h2H,3H2,1H3. The highest BCUT2D eigenvalue weighted by molar-refractivity contribution is 9.08. The number of halogens is 4. The summed E-state index contributed by atoms with van der Waals surface area (Å²) in [4.78, 5) is 12.9. The highest BCUT2D eigenvalue weighted by atomic mass is 79.9. The molecule has 5 nitrogen and oxygen atoms in total. The average molecular weight is 315 g/mol. The van der Waals surface area contributed by atoms with Crippen LogP contribution in [-0.4, -0.2) is 16.3 Å². The Bertz CT molecular complexity index is 450. The van der Waals surface area contributed by atoms with Crippen molar-refractivity contribution in [3.63, 3.8) is 0 Å². The second-order valence-electron chi connectivity index (χ2n) is 3.01. The zero-order valence-electron chi connectivity index (χ0n) is 8.42. The number of nitro groups is 1. The lowest BCUT2D eigenvalue weighted by molar-refractivity contribution is -0.390. The summed E-state index contributed by atoms with van der Waals surface area (Å²) in [5, 5.41) is 10.8. The van der Waals surface area contributed by atoms with Crippen molar-refractivity contribution >= 4 is 21.7 Å². The van der Waals surface area contributed by atoms with Crippen molar-refractivity contribution in [1.82, 2.24) is 4.98 Å². The van der Waals surface area contributed by atoms with Crippen molar-refractivity contribution in [3.8, 4) is 5.88 Å². The van der Waals surface area contributed by atoms with E-state index in [1.165, 1.54) is 6.92 Å². The molecule has 0 saturated heterocycles. The summed E-state index contributed by atoms with van der Waals surface area (Å²) in [5.41, 5.74) is 0.507. The molecule has 0 fully saturated rings. The molecule has 0 aliphatic heterocycles. The molecule has 0 unspecified atom stereocenters. The number of alkyl halides is 4. The average Bonchev–Trinajstić information content (AvgIpc) is 2.17. The molecule has 1 rings (SSSR count). The van der Waals surface area contributed by atoms with Crippen LogP contribution in [0, 0.1) is 17.0 Å². The van der Waals surface area contributed by atoms with Gasteiger partial charge in [-0.1, -0.05) is 15.9 Å². The molecule has 1 aromatic heterocycles. The Morgan fingerprint density at radius 2 is 2.18 bits per heavy atom. The second-order valence-corrected chi connectivity index (χ2v) is 3.57. The number of hydrogen-bond acceptors (Lipinski definition) is 4. The maximum absolute atomic E-state index is 12.0. The van der Waals surface area contributed by atoms with Gasteiger partial charge >= 0.3 is 18.1 Å². The van der Waals surface area contributed by atoms with E-state index in [-0.39, 0.29) is 10.9 Å². The van der Waals surface area contributed by atoms with Crippen LogP contribution in [-0.2, 0) is 5.33 Å². The lowest BCUT2D eigenvalue weighted by atomic mass is 10.1. The molecule has 0 aliphatic rings. The van der Waals surface area contributed by atoms with Crippen LogP contribution < -0.4 is 4.74 Å². The summed E-state index contributed by atoms with van der Waals surface area (Å²) in [7, 11) is 0. The molecule has 0 N–H and O–H groups in total. The van der Waals surface area contributed by atoms with E-state index in [1.807, 2.05) is 0 Å². The molecule has 9 heteroatoms. The van der Waals surface area contributed by atoms with Gasteiger partial charge < -0.3 is 14.9 Å². The van der Waals surface area contributed by atoms with E-state index in [0.717, 1.165) is 6.07 Å². The third-order valence-corrected chi connectivity index (χ3v) is 2.47. The summed E-state index contributed by atoms with van der Waals surface area (Å²) in [6.45, 7) is 1.40. The molecular formula is C8H6BrF3N2O3. The Hall–Kier alpha value is -1.38. The van der Waals surface area contributed by atoms with Crippen LogP contribution in [0.5, 0.6) is 5.88 Å². The van der Waals surface area contributed by atoms with Crippen LogP contribution in [0.3, 0.4) is 0 Å². The largest absolute Gasteiger partial charge is 0.575 e. The van der Waals surface area contributed by atoms with Crippen molar-refractivity contribution in [2.24, 2.45) is 0 Å². The number of hydrogen-bond donors (Lipinski definition) is 0. The fraction of sp³-hybridized carbons (Fsp3) is 0.375. The first-order chi connectivity index (χ1) is 7.74. The van der Waals surface area contributed by atoms with Crippen molar-refractivity contribution in [1.29, 1.82) is 0 Å². The summed E-state index contributed by atoms with van der Waals surface area (Å²) < 4.78 is 39.5. The van der Waals surface area contributed by atoms with Gasteiger partial charge in [-0.15, -0.1) is 13.2 Å². The molecule has 1 aromatic rings. The fourth-order valence-electron chi connectivity index (χ4n) is 1.11. The minimum absolute atomic E-state index is 0.163. The number of nitrogens with zero attached hydrogens (tertiary/aromatic N) is 2. The van der Waals surface area contributed by atoms with E-state index in [1.54, 1.807) is 0 Å². The van der Waals surface area contributed by atoms with Gasteiger partial charge in [0.2, 0.25) is 0 Å². The Morgan fingerprint density at radius 3 is 2.59 bits per heavy atom. The zero-order valence-corrected chi connectivity index (χ0v) is 10.0. The lowest BCUT2D eigenvalue weighted by Crippen LogP contribution is -2.18. The van der Waals surface area contributed by atoms with Gasteiger partial charge in [-0.3, -0.25) is 0 Å². The van der Waals surface area contributed by atoms with Gasteiger partial charge in [0, 0.05) is 16.4 Å². The van der Waals surface area contributed by atoms with E-state index in [9.17, 15) is 23.3 Å². The highest BCUT2D eigenvalue weighted by Gasteiger charge is 2.34. The number of ether oxygens (including phenoxy) is 1. The molecule has 94 valence electrons. The van der Waals surface area contributed by atoms with Gasteiger partial charge in [0.1, 0.15) is 0 Å². The zero-order chi connectivity index (χ0) is 13.2. The predicted molar refractivity (Wildman–Crippen MR) is 54.9 cm³/mol. The number of pyridine rings is 1. The van der Waals surface area contributed by atoms with Gasteiger partial charge in [0.05, 0.1) is 5.56 Å². The Morgan fingerprint density at radius 1 is 1.59 bits per heavy atom.